The Morgan fingerprint density at radius 1 is 1.36 bits per heavy atom. The molecule has 1 heterocycles. The van der Waals surface area contributed by atoms with E-state index in [1.807, 2.05) is 0 Å². The van der Waals surface area contributed by atoms with Crippen LogP contribution < -0.4 is 0 Å². The fourth-order valence-corrected chi connectivity index (χ4v) is 1.01. The second-order valence-electron chi connectivity index (χ2n) is 2.70. The molecule has 0 radical (unpaired) electrons. The van der Waals surface area contributed by atoms with Gasteiger partial charge in [0.1, 0.15) is 0 Å². The second-order valence-corrected chi connectivity index (χ2v) is 2.70. The van der Waals surface area contributed by atoms with E-state index in [0.29, 0.717) is 11.1 Å². The Morgan fingerprint density at radius 2 is 1.91 bits per heavy atom. The van der Waals surface area contributed by atoms with Crippen LogP contribution in [0.4, 0.5) is 13.2 Å². The zero-order valence-electron chi connectivity index (χ0n) is 6.33. The monoisotopic (exact) mass is 166 g/mol. The van der Waals surface area contributed by atoms with Gasteiger partial charge in [-0.15, -0.1) is 0 Å². The number of alkyl halides is 3. The predicted molar refractivity (Wildman–Crippen MR) is 34.2 cm³/mol. The molecule has 0 spiro atoms. The molecule has 1 aliphatic rings. The van der Waals surface area contributed by atoms with E-state index in [1.54, 1.807) is 6.92 Å². The van der Waals surface area contributed by atoms with Crippen molar-refractivity contribution in [3.05, 3.63) is 11.1 Å². The number of halogens is 3. The molecule has 0 fully saturated rings. The number of ether oxygens (including phenoxy) is 1. The van der Waals surface area contributed by atoms with Crippen LogP contribution in [0.2, 0.25) is 0 Å². The van der Waals surface area contributed by atoms with Crippen molar-refractivity contribution in [3.63, 3.8) is 0 Å². The quantitative estimate of drug-likeness (QED) is 0.501. The Kier molecular flexibility index (Phi) is 1.96. The summed E-state index contributed by atoms with van der Waals surface area (Å²) < 4.78 is 40.6. The molecule has 0 unspecified atom stereocenters. The van der Waals surface area contributed by atoms with E-state index in [0.717, 1.165) is 0 Å². The molecule has 0 aromatic heterocycles. The van der Waals surface area contributed by atoms with Crippen LogP contribution in [-0.4, -0.2) is 18.9 Å². The van der Waals surface area contributed by atoms with Gasteiger partial charge in [0, 0.05) is 0 Å². The first-order valence-electron chi connectivity index (χ1n) is 3.27. The third-order valence-corrected chi connectivity index (χ3v) is 1.83. The van der Waals surface area contributed by atoms with Crippen LogP contribution in [0.25, 0.3) is 0 Å². The van der Waals surface area contributed by atoms with Gasteiger partial charge in [0.15, 0.2) is 6.10 Å². The SMILES string of the molecule is CC1=C(C)[C@H](C(F)(F)F)OC1. The van der Waals surface area contributed by atoms with Crippen LogP contribution in [0.5, 0.6) is 0 Å². The van der Waals surface area contributed by atoms with Crippen LogP contribution in [-0.2, 0) is 4.74 Å². The van der Waals surface area contributed by atoms with Crippen LogP contribution in [0.15, 0.2) is 11.1 Å². The van der Waals surface area contributed by atoms with Crippen LogP contribution in [0.3, 0.4) is 0 Å². The van der Waals surface area contributed by atoms with Gasteiger partial charge >= 0.3 is 6.18 Å². The summed E-state index contributed by atoms with van der Waals surface area (Å²) >= 11 is 0. The Morgan fingerprint density at radius 3 is 2.09 bits per heavy atom. The van der Waals surface area contributed by atoms with Crippen molar-refractivity contribution in [2.75, 3.05) is 6.61 Å². The van der Waals surface area contributed by atoms with Crippen molar-refractivity contribution in [2.45, 2.75) is 26.1 Å². The predicted octanol–water partition coefficient (Wildman–Crippen LogP) is 2.28. The fourth-order valence-electron chi connectivity index (χ4n) is 1.01. The number of rotatable bonds is 0. The molecule has 64 valence electrons. The molecule has 0 aliphatic carbocycles. The largest absolute Gasteiger partial charge is 0.418 e. The Labute approximate surface area is 62.8 Å². The molecule has 0 bridgehead atoms. The first-order chi connectivity index (χ1) is 4.93. The maximum Gasteiger partial charge on any atom is 0.418 e. The van der Waals surface area contributed by atoms with Gasteiger partial charge < -0.3 is 4.74 Å². The average molecular weight is 166 g/mol. The van der Waals surface area contributed by atoms with Crippen molar-refractivity contribution in [3.8, 4) is 0 Å². The van der Waals surface area contributed by atoms with E-state index >= 15 is 0 Å². The normalized spacial score (nSPS) is 26.5. The van der Waals surface area contributed by atoms with Crippen LogP contribution in [0, 0.1) is 0 Å². The molecule has 1 atom stereocenters. The van der Waals surface area contributed by atoms with Gasteiger partial charge in [-0.2, -0.15) is 13.2 Å². The van der Waals surface area contributed by atoms with Crippen molar-refractivity contribution in [1.82, 2.24) is 0 Å². The van der Waals surface area contributed by atoms with E-state index in [4.69, 9.17) is 0 Å². The number of hydrogen-bond acceptors (Lipinski definition) is 1. The maximum absolute atomic E-state index is 12.0. The summed E-state index contributed by atoms with van der Waals surface area (Å²) in [7, 11) is 0. The van der Waals surface area contributed by atoms with Gasteiger partial charge in [0.25, 0.3) is 0 Å². The standard InChI is InChI=1S/C7H9F3O/c1-4-3-11-6(5(4)2)7(8,9)10/h6H,3H2,1-2H3/t6-/m1/s1. The lowest BCUT2D eigenvalue weighted by Crippen LogP contribution is -2.29. The van der Waals surface area contributed by atoms with E-state index in [2.05, 4.69) is 4.74 Å². The molecule has 11 heavy (non-hydrogen) atoms. The smallest absolute Gasteiger partial charge is 0.360 e. The molecule has 0 N–H and O–H groups in total. The van der Waals surface area contributed by atoms with Gasteiger partial charge in [0.2, 0.25) is 0 Å². The molecule has 0 saturated heterocycles. The molecule has 0 amide bonds. The zero-order valence-corrected chi connectivity index (χ0v) is 6.33. The van der Waals surface area contributed by atoms with E-state index in [-0.39, 0.29) is 6.61 Å². The Hall–Kier alpha value is -0.510. The molecule has 1 rings (SSSR count). The molecule has 1 nitrogen and oxygen atoms in total. The highest BCUT2D eigenvalue weighted by Gasteiger charge is 2.44. The van der Waals surface area contributed by atoms with Crippen molar-refractivity contribution in [2.24, 2.45) is 0 Å². The van der Waals surface area contributed by atoms with E-state index < -0.39 is 12.3 Å². The van der Waals surface area contributed by atoms with E-state index in [1.165, 1.54) is 6.92 Å². The fraction of sp³-hybridized carbons (Fsp3) is 0.714. The summed E-state index contributed by atoms with van der Waals surface area (Å²) in [6, 6.07) is 0. The van der Waals surface area contributed by atoms with Crippen LogP contribution >= 0.6 is 0 Å². The van der Waals surface area contributed by atoms with Crippen molar-refractivity contribution < 1.29 is 17.9 Å². The maximum atomic E-state index is 12.0. The first kappa shape index (κ1) is 8.59. The molecule has 0 aromatic rings. The summed E-state index contributed by atoms with van der Waals surface area (Å²) in [5.74, 6) is 0. The molecule has 0 aromatic carbocycles. The lowest BCUT2D eigenvalue weighted by Gasteiger charge is -2.15. The second kappa shape index (κ2) is 2.52. The Bertz CT molecular complexity index is 192. The highest BCUT2D eigenvalue weighted by Crippen LogP contribution is 2.33. The zero-order chi connectivity index (χ0) is 8.65. The molecular formula is C7H9F3O. The first-order valence-corrected chi connectivity index (χ1v) is 3.27. The molecule has 4 heteroatoms. The van der Waals surface area contributed by atoms with Crippen molar-refractivity contribution in [1.29, 1.82) is 0 Å². The van der Waals surface area contributed by atoms with Gasteiger partial charge in [-0.05, 0) is 25.0 Å². The highest BCUT2D eigenvalue weighted by molar-refractivity contribution is 5.20. The topological polar surface area (TPSA) is 9.23 Å². The lowest BCUT2D eigenvalue weighted by molar-refractivity contribution is -0.199. The minimum absolute atomic E-state index is 0.107. The molecular weight excluding hydrogens is 157 g/mol. The Balaban J connectivity index is 2.79. The molecule has 1 aliphatic heterocycles. The number of hydrogen-bond donors (Lipinski definition) is 0. The summed E-state index contributed by atoms with van der Waals surface area (Å²) in [5, 5.41) is 0. The third-order valence-electron chi connectivity index (χ3n) is 1.83. The minimum Gasteiger partial charge on any atom is -0.360 e. The highest BCUT2D eigenvalue weighted by atomic mass is 19.4. The lowest BCUT2D eigenvalue weighted by atomic mass is 10.1. The summed E-state index contributed by atoms with van der Waals surface area (Å²) in [4.78, 5) is 0. The minimum atomic E-state index is -4.25. The summed E-state index contributed by atoms with van der Waals surface area (Å²) in [5.41, 5.74) is 0.991. The summed E-state index contributed by atoms with van der Waals surface area (Å²) in [6.45, 7) is 3.22. The molecule has 0 saturated carbocycles. The van der Waals surface area contributed by atoms with Crippen molar-refractivity contribution >= 4 is 0 Å². The van der Waals surface area contributed by atoms with Gasteiger partial charge in [-0.1, -0.05) is 0 Å². The van der Waals surface area contributed by atoms with Gasteiger partial charge in [-0.25, -0.2) is 0 Å². The average Bonchev–Trinajstić information content (AvgIpc) is 2.11. The van der Waals surface area contributed by atoms with E-state index in [9.17, 15) is 13.2 Å². The van der Waals surface area contributed by atoms with Crippen LogP contribution in [0.1, 0.15) is 13.8 Å². The van der Waals surface area contributed by atoms with Gasteiger partial charge in [-0.3, -0.25) is 0 Å². The summed E-state index contributed by atoms with van der Waals surface area (Å²) in [6.07, 6.45) is -5.91. The third kappa shape index (κ3) is 1.56. The van der Waals surface area contributed by atoms with Gasteiger partial charge in [0.05, 0.1) is 6.61 Å².